The Morgan fingerprint density at radius 2 is 1.60 bits per heavy atom. The molecule has 0 saturated heterocycles. The number of Topliss-reactive ketones (excluding diaryl/α,β-unsaturated/α-hetero) is 1. The third-order valence-corrected chi connectivity index (χ3v) is 0.698. The third kappa shape index (κ3) is 27.3. The van der Waals surface area contributed by atoms with Gasteiger partial charge >= 0.3 is 0 Å². The molecule has 0 aromatic heterocycles. The Morgan fingerprint density at radius 1 is 1.40 bits per heavy atom. The van der Waals surface area contributed by atoms with Gasteiger partial charge < -0.3 is 10.0 Å². The van der Waals surface area contributed by atoms with Gasteiger partial charge in [-0.3, -0.25) is 0 Å². The van der Waals surface area contributed by atoms with Gasteiger partial charge in [-0.1, -0.05) is 12.1 Å². The van der Waals surface area contributed by atoms with Crippen LogP contribution in [0.5, 0.6) is 0 Å². The van der Waals surface area contributed by atoms with Crippen molar-refractivity contribution in [3.8, 4) is 0 Å². The van der Waals surface area contributed by atoms with Gasteiger partial charge in [0.1, 0.15) is 5.78 Å². The van der Waals surface area contributed by atoms with E-state index in [9.17, 15) is 4.79 Å². The number of nitrogens with zero attached hydrogens (tertiary/aromatic N) is 1. The Labute approximate surface area is 61.7 Å². The summed E-state index contributed by atoms with van der Waals surface area (Å²) in [6, 6.07) is 0. The molecule has 0 aromatic carbocycles. The predicted octanol–water partition coefficient (Wildman–Crippen LogP) is 1.84. The molecule has 0 atom stereocenters. The molecule has 0 aliphatic heterocycles. The van der Waals surface area contributed by atoms with Crippen molar-refractivity contribution in [2.24, 2.45) is 5.16 Å². The molecule has 0 rings (SSSR count). The van der Waals surface area contributed by atoms with Crippen molar-refractivity contribution in [1.82, 2.24) is 0 Å². The lowest BCUT2D eigenvalue weighted by atomic mass is 10.4. The number of ketones is 1. The fourth-order valence-electron chi connectivity index (χ4n) is 0. The molecule has 0 aromatic rings. The van der Waals surface area contributed by atoms with Crippen molar-refractivity contribution in [2.75, 3.05) is 0 Å². The molecular weight excluding hydrogens is 130 g/mol. The molecule has 0 saturated carbocycles. The maximum atomic E-state index is 9.81. The number of rotatable bonds is 1. The van der Waals surface area contributed by atoms with Crippen LogP contribution < -0.4 is 0 Å². The van der Waals surface area contributed by atoms with Gasteiger partial charge in [-0.25, -0.2) is 0 Å². The van der Waals surface area contributed by atoms with Crippen LogP contribution in [0.4, 0.5) is 0 Å². The minimum atomic E-state index is 0.255. The number of hydrogen-bond donors (Lipinski definition) is 1. The van der Waals surface area contributed by atoms with Crippen molar-refractivity contribution < 1.29 is 10.0 Å². The Balaban J connectivity index is 0. The summed E-state index contributed by atoms with van der Waals surface area (Å²) in [6.45, 7) is 6.88. The summed E-state index contributed by atoms with van der Waals surface area (Å²) in [5.41, 5.74) is 0.685. The average molecular weight is 145 g/mol. The monoisotopic (exact) mass is 145 g/mol. The van der Waals surface area contributed by atoms with Crippen molar-refractivity contribution in [3.05, 3.63) is 0 Å². The van der Waals surface area contributed by atoms with Crippen molar-refractivity contribution in [3.63, 3.8) is 0 Å². The highest BCUT2D eigenvalue weighted by atomic mass is 16.4. The summed E-state index contributed by atoms with van der Waals surface area (Å²) in [5, 5.41) is 10.5. The van der Waals surface area contributed by atoms with Crippen LogP contribution in [0.3, 0.4) is 0 Å². The average Bonchev–Trinajstić information content (AvgIpc) is 1.89. The molecule has 0 bridgehead atoms. The normalized spacial score (nSPS) is 7.20. The van der Waals surface area contributed by atoms with E-state index in [-0.39, 0.29) is 5.78 Å². The number of oxime groups is 1. The zero-order valence-corrected chi connectivity index (χ0v) is 7.01. The van der Waals surface area contributed by atoms with Crippen LogP contribution in [0.15, 0.2) is 5.16 Å². The summed E-state index contributed by atoms with van der Waals surface area (Å²) in [5.74, 6) is 0.255. The Morgan fingerprint density at radius 3 is 1.60 bits per heavy atom. The SMILES string of the molecule is CC(C)=NO.CCC(C)=O. The molecular formula is C7H15NO2. The lowest BCUT2D eigenvalue weighted by Gasteiger charge is -1.72. The van der Waals surface area contributed by atoms with E-state index in [1.807, 2.05) is 6.92 Å². The van der Waals surface area contributed by atoms with Crippen molar-refractivity contribution >= 4 is 11.5 Å². The van der Waals surface area contributed by atoms with Crippen molar-refractivity contribution in [1.29, 1.82) is 0 Å². The van der Waals surface area contributed by atoms with Crippen LogP contribution in [0, 0.1) is 0 Å². The number of carbonyl (C=O) groups is 1. The molecule has 3 nitrogen and oxygen atoms in total. The van der Waals surface area contributed by atoms with Crippen LogP contribution in [-0.4, -0.2) is 16.7 Å². The maximum absolute atomic E-state index is 9.81. The van der Waals surface area contributed by atoms with E-state index in [0.717, 1.165) is 0 Å². The van der Waals surface area contributed by atoms with Gasteiger partial charge in [-0.05, 0) is 20.8 Å². The van der Waals surface area contributed by atoms with E-state index in [1.165, 1.54) is 0 Å². The van der Waals surface area contributed by atoms with Gasteiger partial charge in [0.25, 0.3) is 0 Å². The topological polar surface area (TPSA) is 49.7 Å². The molecule has 0 radical (unpaired) electrons. The molecule has 0 aliphatic rings. The lowest BCUT2D eigenvalue weighted by Crippen LogP contribution is -1.80. The smallest absolute Gasteiger partial charge is 0.129 e. The fraction of sp³-hybridized carbons (Fsp3) is 0.714. The highest BCUT2D eigenvalue weighted by molar-refractivity contribution is 5.78. The molecule has 60 valence electrons. The summed E-state index contributed by atoms with van der Waals surface area (Å²) < 4.78 is 0. The Kier molecular flexibility index (Phi) is 9.67. The van der Waals surface area contributed by atoms with Gasteiger partial charge in [-0.15, -0.1) is 0 Å². The summed E-state index contributed by atoms with van der Waals surface area (Å²) >= 11 is 0. The van der Waals surface area contributed by atoms with Gasteiger partial charge in [-0.2, -0.15) is 0 Å². The summed E-state index contributed by atoms with van der Waals surface area (Å²) in [7, 11) is 0. The first-order valence-electron chi connectivity index (χ1n) is 3.19. The largest absolute Gasteiger partial charge is 0.411 e. The second-order valence-electron chi connectivity index (χ2n) is 2.10. The fourth-order valence-corrected chi connectivity index (χ4v) is 0. The quantitative estimate of drug-likeness (QED) is 0.347. The molecule has 0 heterocycles. The van der Waals surface area contributed by atoms with Crippen LogP contribution in [0.25, 0.3) is 0 Å². The highest BCUT2D eigenvalue weighted by Crippen LogP contribution is 1.71. The molecule has 3 heteroatoms. The maximum Gasteiger partial charge on any atom is 0.129 e. The standard InChI is InChI=1S/C4H8O.C3H7NO/c1-3-4(2)5;1-3(2)4-5/h3H2,1-2H3;5H,1-2H3. The van der Waals surface area contributed by atoms with Crippen molar-refractivity contribution in [2.45, 2.75) is 34.1 Å². The minimum absolute atomic E-state index is 0.255. The van der Waals surface area contributed by atoms with E-state index in [0.29, 0.717) is 12.1 Å². The Hall–Kier alpha value is -0.860. The molecule has 0 fully saturated rings. The van der Waals surface area contributed by atoms with Crippen LogP contribution in [0.2, 0.25) is 0 Å². The first-order chi connectivity index (χ1) is 4.54. The van der Waals surface area contributed by atoms with Crippen LogP contribution in [0.1, 0.15) is 34.1 Å². The van der Waals surface area contributed by atoms with E-state index >= 15 is 0 Å². The van der Waals surface area contributed by atoms with Gasteiger partial charge in [0, 0.05) is 6.42 Å². The van der Waals surface area contributed by atoms with Crippen LogP contribution >= 0.6 is 0 Å². The van der Waals surface area contributed by atoms with E-state index in [2.05, 4.69) is 5.16 Å². The zero-order chi connectivity index (χ0) is 8.57. The van der Waals surface area contributed by atoms with E-state index < -0.39 is 0 Å². The number of carbonyl (C=O) groups excluding carboxylic acids is 1. The van der Waals surface area contributed by atoms with Crippen LogP contribution in [-0.2, 0) is 4.79 Å². The van der Waals surface area contributed by atoms with E-state index in [4.69, 9.17) is 5.21 Å². The van der Waals surface area contributed by atoms with Gasteiger partial charge in [0.2, 0.25) is 0 Å². The first kappa shape index (κ1) is 11.9. The molecule has 0 unspecified atom stereocenters. The Bertz CT molecular complexity index is 115. The highest BCUT2D eigenvalue weighted by Gasteiger charge is 1.76. The summed E-state index contributed by atoms with van der Waals surface area (Å²) in [4.78, 5) is 9.81. The molecule has 0 amide bonds. The zero-order valence-electron chi connectivity index (χ0n) is 7.01. The lowest BCUT2D eigenvalue weighted by molar-refractivity contribution is -0.116. The molecule has 0 aliphatic carbocycles. The van der Waals surface area contributed by atoms with E-state index in [1.54, 1.807) is 20.8 Å². The molecule has 10 heavy (non-hydrogen) atoms. The summed E-state index contributed by atoms with van der Waals surface area (Å²) in [6.07, 6.45) is 0.667. The van der Waals surface area contributed by atoms with Gasteiger partial charge in [0.15, 0.2) is 0 Å². The number of hydrogen-bond acceptors (Lipinski definition) is 3. The molecule has 1 N–H and O–H groups in total. The second kappa shape index (κ2) is 8.14. The molecule has 0 spiro atoms. The predicted molar refractivity (Wildman–Crippen MR) is 41.5 cm³/mol. The third-order valence-electron chi connectivity index (χ3n) is 0.698. The van der Waals surface area contributed by atoms with Gasteiger partial charge in [0.05, 0.1) is 5.71 Å². The minimum Gasteiger partial charge on any atom is -0.411 e. The first-order valence-corrected chi connectivity index (χ1v) is 3.19. The second-order valence-corrected chi connectivity index (χ2v) is 2.10.